The van der Waals surface area contributed by atoms with Crippen molar-refractivity contribution in [3.8, 4) is 0 Å². The summed E-state index contributed by atoms with van der Waals surface area (Å²) in [5.41, 5.74) is 0. The molecule has 2 aliphatic rings. The standard InChI is InChI=1S/C59H108O15/c1-3-5-7-9-11-13-15-17-19-20-21-22-23-24-25-26-28-30-32-34-36-38-40-42-51(62)72-47(44-69-50(61)41-39-37-35-33-31-29-27-18-16-14-12-10-8-6-4-2)45-70-58-57(68)55(66)53(64)49(74-58)46-71-59-56(67)54(65)52(63)48(43-60)73-59/h18,27,31,33,47-49,52-60,63-68H,3-17,19-26,28-30,32,34-46H2,1-2H3/b27-18+,33-31+/t47-,48+,49+,52-,53-,54?,55?,56?,57?,58+,59+/m1/s1. The van der Waals surface area contributed by atoms with E-state index in [-0.39, 0.29) is 26.1 Å². The van der Waals surface area contributed by atoms with Gasteiger partial charge < -0.3 is 64.2 Å². The Morgan fingerprint density at radius 1 is 0.432 bits per heavy atom. The summed E-state index contributed by atoms with van der Waals surface area (Å²) in [5.74, 6) is -0.950. The highest BCUT2D eigenvalue weighted by atomic mass is 16.7. The second-order valence-electron chi connectivity index (χ2n) is 21.2. The molecule has 434 valence electrons. The number of ether oxygens (including phenoxy) is 6. The third kappa shape index (κ3) is 32.7. The van der Waals surface area contributed by atoms with Gasteiger partial charge in [-0.25, -0.2) is 0 Å². The fourth-order valence-corrected chi connectivity index (χ4v) is 9.54. The molecule has 0 aliphatic carbocycles. The molecule has 0 saturated carbocycles. The van der Waals surface area contributed by atoms with Gasteiger partial charge in [-0.15, -0.1) is 0 Å². The number of hydrogen-bond donors (Lipinski definition) is 7. The molecule has 0 amide bonds. The Morgan fingerprint density at radius 2 is 0.811 bits per heavy atom. The predicted octanol–water partition coefficient (Wildman–Crippen LogP) is 10.3. The van der Waals surface area contributed by atoms with Crippen molar-refractivity contribution in [1.82, 2.24) is 0 Å². The Bertz CT molecular complexity index is 1380. The molecule has 2 saturated heterocycles. The molecule has 7 N–H and O–H groups in total. The van der Waals surface area contributed by atoms with Gasteiger partial charge in [-0.2, -0.15) is 0 Å². The summed E-state index contributed by atoms with van der Waals surface area (Å²) in [6.07, 6.45) is 33.5. The van der Waals surface area contributed by atoms with Crippen molar-refractivity contribution in [3.63, 3.8) is 0 Å². The van der Waals surface area contributed by atoms with Gasteiger partial charge in [0, 0.05) is 12.8 Å². The lowest BCUT2D eigenvalue weighted by Crippen LogP contribution is -2.61. The van der Waals surface area contributed by atoms with E-state index in [0.717, 1.165) is 44.9 Å². The summed E-state index contributed by atoms with van der Waals surface area (Å²) >= 11 is 0. The maximum Gasteiger partial charge on any atom is 0.306 e. The number of aliphatic hydroxyl groups excluding tert-OH is 7. The molecule has 11 atom stereocenters. The van der Waals surface area contributed by atoms with E-state index in [2.05, 4.69) is 38.2 Å². The maximum atomic E-state index is 13.1. The van der Waals surface area contributed by atoms with Gasteiger partial charge in [-0.3, -0.25) is 9.59 Å². The SMILES string of the molecule is CCCCCCCC/C=C/C/C=C/CCCCC(=O)OC[C@H](CO[C@H]1O[C@@H](CO[C@H]2O[C@@H](CO)[C@@H](O)C(O)C2O)[C@@H](O)C(O)C1O)OC(=O)CCCCCCCCCCCCCCCCCCCCCCCCC. The molecule has 2 rings (SSSR count). The van der Waals surface area contributed by atoms with Crippen LogP contribution in [-0.2, 0) is 38.0 Å². The van der Waals surface area contributed by atoms with E-state index in [9.17, 15) is 45.3 Å². The normalized spacial score (nSPS) is 24.8. The summed E-state index contributed by atoms with van der Waals surface area (Å²) < 4.78 is 33.7. The smallest absolute Gasteiger partial charge is 0.306 e. The third-order valence-electron chi connectivity index (χ3n) is 14.4. The lowest BCUT2D eigenvalue weighted by Gasteiger charge is -2.42. The number of carbonyl (C=O) groups is 2. The van der Waals surface area contributed by atoms with Crippen LogP contribution >= 0.6 is 0 Å². The number of aliphatic hydroxyl groups is 7. The van der Waals surface area contributed by atoms with Gasteiger partial charge in [-0.1, -0.05) is 212 Å². The average molecular weight is 1060 g/mol. The zero-order valence-electron chi connectivity index (χ0n) is 46.3. The minimum absolute atomic E-state index is 0.164. The van der Waals surface area contributed by atoms with Crippen LogP contribution in [0, 0.1) is 0 Å². The van der Waals surface area contributed by atoms with Crippen molar-refractivity contribution in [2.45, 2.75) is 313 Å². The molecular formula is C59H108O15. The van der Waals surface area contributed by atoms with Gasteiger partial charge in [0.1, 0.15) is 55.4 Å². The molecule has 74 heavy (non-hydrogen) atoms. The van der Waals surface area contributed by atoms with E-state index in [0.29, 0.717) is 12.8 Å². The van der Waals surface area contributed by atoms with Crippen LogP contribution in [-0.4, -0.2) is 142 Å². The first-order valence-corrected chi connectivity index (χ1v) is 29.9. The van der Waals surface area contributed by atoms with Gasteiger partial charge in [-0.05, 0) is 44.9 Å². The maximum absolute atomic E-state index is 13.1. The van der Waals surface area contributed by atoms with Crippen LogP contribution < -0.4 is 0 Å². The first-order valence-electron chi connectivity index (χ1n) is 29.9. The zero-order valence-corrected chi connectivity index (χ0v) is 46.3. The highest BCUT2D eigenvalue weighted by Gasteiger charge is 2.47. The average Bonchev–Trinajstić information content (AvgIpc) is 3.39. The Kier molecular flexibility index (Phi) is 42.3. The topological polar surface area (TPSA) is 231 Å². The summed E-state index contributed by atoms with van der Waals surface area (Å²) in [7, 11) is 0. The third-order valence-corrected chi connectivity index (χ3v) is 14.4. The largest absolute Gasteiger partial charge is 0.462 e. The van der Waals surface area contributed by atoms with Crippen molar-refractivity contribution in [1.29, 1.82) is 0 Å². The fraction of sp³-hybridized carbons (Fsp3) is 0.898. The molecule has 0 spiro atoms. The summed E-state index contributed by atoms with van der Waals surface area (Å²) in [4.78, 5) is 25.9. The minimum Gasteiger partial charge on any atom is -0.462 e. The van der Waals surface area contributed by atoms with E-state index in [4.69, 9.17) is 28.4 Å². The molecule has 0 bridgehead atoms. The lowest BCUT2D eigenvalue weighted by molar-refractivity contribution is -0.332. The van der Waals surface area contributed by atoms with Crippen LogP contribution in [0.15, 0.2) is 24.3 Å². The molecular weight excluding hydrogens is 949 g/mol. The zero-order chi connectivity index (χ0) is 53.9. The van der Waals surface area contributed by atoms with Crippen molar-refractivity contribution >= 4 is 11.9 Å². The summed E-state index contributed by atoms with van der Waals surface area (Å²) in [6.45, 7) is 2.60. The van der Waals surface area contributed by atoms with Crippen LogP contribution in [0.2, 0.25) is 0 Å². The molecule has 0 radical (unpaired) electrons. The van der Waals surface area contributed by atoms with E-state index in [1.54, 1.807) is 0 Å². The molecule has 2 aliphatic heterocycles. The molecule has 0 aromatic carbocycles. The van der Waals surface area contributed by atoms with E-state index in [1.165, 1.54) is 161 Å². The van der Waals surface area contributed by atoms with Crippen LogP contribution in [0.5, 0.6) is 0 Å². The predicted molar refractivity (Wildman–Crippen MR) is 289 cm³/mol. The number of esters is 2. The highest BCUT2D eigenvalue weighted by molar-refractivity contribution is 5.70. The van der Waals surface area contributed by atoms with Crippen molar-refractivity contribution < 1.29 is 73.8 Å². The van der Waals surface area contributed by atoms with Crippen LogP contribution in [0.3, 0.4) is 0 Å². The summed E-state index contributed by atoms with van der Waals surface area (Å²) in [5, 5.41) is 72.3. The summed E-state index contributed by atoms with van der Waals surface area (Å²) in [6, 6.07) is 0. The molecule has 4 unspecified atom stereocenters. The monoisotopic (exact) mass is 1060 g/mol. The first kappa shape index (κ1) is 68.1. The highest BCUT2D eigenvalue weighted by Crippen LogP contribution is 2.27. The molecule has 0 aromatic heterocycles. The van der Waals surface area contributed by atoms with Gasteiger partial charge in [0.25, 0.3) is 0 Å². The molecule has 0 aromatic rings. The number of rotatable bonds is 48. The Hall–Kier alpha value is -2.02. The van der Waals surface area contributed by atoms with E-state index in [1.807, 2.05) is 0 Å². The van der Waals surface area contributed by atoms with E-state index < -0.39 is 92.7 Å². The van der Waals surface area contributed by atoms with Crippen molar-refractivity contribution in [2.24, 2.45) is 0 Å². The fourth-order valence-electron chi connectivity index (χ4n) is 9.54. The van der Waals surface area contributed by atoms with Gasteiger partial charge in [0.05, 0.1) is 19.8 Å². The molecule has 15 nitrogen and oxygen atoms in total. The van der Waals surface area contributed by atoms with Gasteiger partial charge >= 0.3 is 11.9 Å². The Morgan fingerprint density at radius 3 is 1.28 bits per heavy atom. The quantitative estimate of drug-likeness (QED) is 0.0171. The van der Waals surface area contributed by atoms with Crippen LogP contribution in [0.25, 0.3) is 0 Å². The second kappa shape index (κ2) is 45.9. The van der Waals surface area contributed by atoms with Gasteiger partial charge in [0.15, 0.2) is 18.7 Å². The van der Waals surface area contributed by atoms with Crippen LogP contribution in [0.1, 0.15) is 245 Å². The van der Waals surface area contributed by atoms with Crippen molar-refractivity contribution in [3.05, 3.63) is 24.3 Å². The Balaban J connectivity index is 1.73. The molecule has 15 heteroatoms. The van der Waals surface area contributed by atoms with Gasteiger partial charge in [0.2, 0.25) is 0 Å². The number of unbranched alkanes of at least 4 members (excludes halogenated alkanes) is 30. The van der Waals surface area contributed by atoms with E-state index >= 15 is 0 Å². The number of allylic oxidation sites excluding steroid dienone is 4. The number of hydrogen-bond acceptors (Lipinski definition) is 15. The second-order valence-corrected chi connectivity index (χ2v) is 21.2. The molecule has 2 fully saturated rings. The first-order chi connectivity index (χ1) is 36.0. The van der Waals surface area contributed by atoms with Crippen LogP contribution in [0.4, 0.5) is 0 Å². The Labute approximate surface area is 447 Å². The van der Waals surface area contributed by atoms with Crippen molar-refractivity contribution in [2.75, 3.05) is 26.4 Å². The number of carbonyl (C=O) groups excluding carboxylic acids is 2. The molecule has 2 heterocycles. The lowest BCUT2D eigenvalue weighted by atomic mass is 9.98. The minimum atomic E-state index is -1.77.